The summed E-state index contributed by atoms with van der Waals surface area (Å²) in [5, 5.41) is 0. The van der Waals surface area contributed by atoms with E-state index in [1.165, 1.54) is 0 Å². The van der Waals surface area contributed by atoms with E-state index < -0.39 is 1.69 Å². The number of rotatable bonds is 0. The van der Waals surface area contributed by atoms with E-state index in [4.69, 9.17) is 0 Å². The van der Waals surface area contributed by atoms with E-state index in [2.05, 4.69) is 57.8 Å². The van der Waals surface area contributed by atoms with Crippen LogP contribution in [0.5, 0.6) is 0 Å². The molecule has 0 N–H and O–H groups in total. The fourth-order valence-electron chi connectivity index (χ4n) is 0. The molecule has 74 valence electrons. The van der Waals surface area contributed by atoms with Crippen molar-refractivity contribution in [3.8, 4) is 0 Å². The molecule has 0 aliphatic carbocycles. The van der Waals surface area contributed by atoms with E-state index in [1.807, 2.05) is 0 Å². The molecule has 0 atom stereocenters. The molecule has 0 radical (unpaired) electrons. The quantitative estimate of drug-likeness (QED) is 0.546. The summed E-state index contributed by atoms with van der Waals surface area (Å²) in [5.41, 5.74) is 0. The molecule has 0 aromatic carbocycles. The summed E-state index contributed by atoms with van der Waals surface area (Å²) in [4.78, 5) is 0. The monoisotopic (exact) mass is 466 g/mol. The molecule has 0 rings (SSSR count). The van der Waals surface area contributed by atoms with Crippen molar-refractivity contribution < 1.29 is 15.8 Å². The van der Waals surface area contributed by atoms with Gasteiger partial charge in [0.25, 0.3) is 0 Å². The summed E-state index contributed by atoms with van der Waals surface area (Å²) < 4.78 is 30.0. The van der Waals surface area contributed by atoms with E-state index in [0.29, 0.717) is 0 Å². The van der Waals surface area contributed by atoms with Crippen LogP contribution in [0.3, 0.4) is 0 Å². The van der Waals surface area contributed by atoms with E-state index in [9.17, 15) is 14.2 Å². The van der Waals surface area contributed by atoms with E-state index in [1.54, 1.807) is 0 Å². The standard InChI is InChI=1S/6ClH.4O.Os/h6*1H;;;;;/q;;;;;;;;;;+6/p-6. The molecule has 4 nitrogen and oxygen atoms in total. The van der Waals surface area contributed by atoms with Crippen molar-refractivity contribution >= 4 is 57.8 Å². The Labute approximate surface area is 72.9 Å². The predicted molar refractivity (Wildman–Crippen MR) is 37.9 cm³/mol. The van der Waals surface area contributed by atoms with Crippen LogP contribution in [0.1, 0.15) is 0 Å². The van der Waals surface area contributed by atoms with Gasteiger partial charge in [-0.1, -0.05) is 0 Å². The molecule has 0 amide bonds. The van der Waals surface area contributed by atoms with Crippen molar-refractivity contribution in [3.05, 3.63) is 0 Å². The zero-order chi connectivity index (χ0) is 10.3. The summed E-state index contributed by atoms with van der Waals surface area (Å²) in [6, 6.07) is 0. The van der Waals surface area contributed by atoms with Crippen LogP contribution in [0.4, 0.5) is 0 Å². The normalized spacial score (nSPS) is 38.7. The molecule has 11 heavy (non-hydrogen) atoms. The Kier molecular flexibility index (Phi) is 0.682. The molecule has 0 aliphatic heterocycles. The molecule has 0 aromatic heterocycles. The molecule has 0 aromatic rings. The second-order valence-electron chi connectivity index (χ2n) is 2.42. The average molecular weight is 467 g/mol. The molecular formula is Cl6O4Os. The summed E-state index contributed by atoms with van der Waals surface area (Å²) in [5.74, 6) is 0. The van der Waals surface area contributed by atoms with Gasteiger partial charge in [0.05, 0.1) is 0 Å². The summed E-state index contributed by atoms with van der Waals surface area (Å²) >= 11 is 0. The van der Waals surface area contributed by atoms with Crippen LogP contribution >= 0.6 is 57.8 Å². The summed E-state index contributed by atoms with van der Waals surface area (Å²) in [6.07, 6.45) is 0. The molecule has 0 aliphatic rings. The minimum atomic E-state index is -12.5. The Hall–Kier alpha value is 1.58. The maximum absolute atomic E-state index is 12.5. The van der Waals surface area contributed by atoms with Crippen LogP contribution in [0.15, 0.2) is 0 Å². The van der Waals surface area contributed by atoms with E-state index in [-0.39, 0.29) is 0 Å². The van der Waals surface area contributed by atoms with Crippen LogP contribution in [0.25, 0.3) is 0 Å². The van der Waals surface area contributed by atoms with Crippen molar-refractivity contribution in [1.82, 2.24) is 0 Å². The minimum absolute atomic E-state index is 3.81. The zero-order valence-corrected chi connectivity index (χ0v) is 11.3. The molecule has 0 saturated carbocycles. The fraction of sp³-hybridized carbons (Fsp3) is 0. The van der Waals surface area contributed by atoms with Crippen LogP contribution in [-0.2, 0) is 15.8 Å². The second kappa shape index (κ2) is 0.597. The van der Waals surface area contributed by atoms with Crippen molar-refractivity contribution in [2.24, 2.45) is 0 Å². The molecule has 0 heterocycles. The number of halogens is 6. The van der Waals surface area contributed by atoms with Gasteiger partial charge in [0.2, 0.25) is 0 Å². The van der Waals surface area contributed by atoms with Gasteiger partial charge >= 0.3 is 73.7 Å². The average Bonchev–Trinajstić information content (AvgIpc) is 0.439. The first-order chi connectivity index (χ1) is 3.16. The SMILES string of the molecule is [O]=[Os](=[O])(=[O])(=[O])([Cl])([Cl])([Cl])([Cl])([Cl])[Cl]. The van der Waals surface area contributed by atoms with E-state index >= 15 is 0 Å². The van der Waals surface area contributed by atoms with E-state index in [0.717, 1.165) is 0 Å². The molecule has 0 saturated heterocycles. The van der Waals surface area contributed by atoms with Crippen LogP contribution in [-0.4, -0.2) is 0 Å². The van der Waals surface area contributed by atoms with Crippen LogP contribution < -0.4 is 0 Å². The Morgan fingerprint density at radius 3 is 0.545 bits per heavy atom. The third-order valence-corrected chi connectivity index (χ3v) is 0. The van der Waals surface area contributed by atoms with Gasteiger partial charge in [0, 0.05) is 0 Å². The van der Waals surface area contributed by atoms with Gasteiger partial charge in [-0.05, 0) is 0 Å². The van der Waals surface area contributed by atoms with Crippen molar-refractivity contribution in [2.45, 2.75) is 0 Å². The number of hydrogen-bond acceptors (Lipinski definition) is 4. The Morgan fingerprint density at radius 2 is 0.545 bits per heavy atom. The maximum atomic E-state index is 10.6. The van der Waals surface area contributed by atoms with Crippen LogP contribution in [0, 0.1) is 0 Å². The Balaban J connectivity index is 9.14. The first-order valence-electron chi connectivity index (χ1n) is 1.38. The Morgan fingerprint density at radius 1 is 0.545 bits per heavy atom. The third kappa shape index (κ3) is 427. The topological polar surface area (TPSA) is 68.3 Å². The first kappa shape index (κ1) is 12.6. The second-order valence-corrected chi connectivity index (χ2v) is 90.9. The predicted octanol–water partition coefficient (Wildman–Crippen LogP) is 3.66. The zero-order valence-electron chi connectivity index (χ0n) is 4.25. The van der Waals surface area contributed by atoms with Gasteiger partial charge in [-0.25, -0.2) is 0 Å². The third-order valence-electron chi connectivity index (χ3n) is 0. The van der Waals surface area contributed by atoms with Crippen molar-refractivity contribution in [1.29, 1.82) is 0 Å². The van der Waals surface area contributed by atoms with Gasteiger partial charge in [0.1, 0.15) is 0 Å². The van der Waals surface area contributed by atoms with Gasteiger partial charge in [-0.3, -0.25) is 0 Å². The summed E-state index contributed by atoms with van der Waals surface area (Å²) in [7, 11) is 22.8. The van der Waals surface area contributed by atoms with Gasteiger partial charge in [0.15, 0.2) is 0 Å². The molecule has 0 spiro atoms. The molecule has 0 fully saturated rings. The van der Waals surface area contributed by atoms with Crippen molar-refractivity contribution in [3.63, 3.8) is 0 Å². The molecule has 0 unspecified atom stereocenters. The Bertz CT molecular complexity index is 754. The first-order valence-corrected chi connectivity index (χ1v) is 24.4. The molecule has 0 bridgehead atoms. The fourth-order valence-corrected chi connectivity index (χ4v) is 0. The molecular weight excluding hydrogens is 467 g/mol. The van der Waals surface area contributed by atoms with Gasteiger partial charge in [-0.15, -0.1) is 0 Å². The van der Waals surface area contributed by atoms with Gasteiger partial charge < -0.3 is 0 Å². The van der Waals surface area contributed by atoms with Gasteiger partial charge in [-0.2, -0.15) is 0 Å². The van der Waals surface area contributed by atoms with Crippen molar-refractivity contribution in [2.75, 3.05) is 0 Å². The molecule has 11 heteroatoms. The summed E-state index contributed by atoms with van der Waals surface area (Å²) in [6.45, 7) is 0. The number of hydrogen-bond donors (Lipinski definition) is 0. The van der Waals surface area contributed by atoms with Crippen LogP contribution in [0.2, 0.25) is 0 Å².